The van der Waals surface area contributed by atoms with Crippen molar-refractivity contribution in [2.45, 2.75) is 31.3 Å². The molecule has 0 amide bonds. The van der Waals surface area contributed by atoms with E-state index in [1.165, 1.54) is 12.8 Å². The highest BCUT2D eigenvalue weighted by atomic mass is 33.2. The molecule has 1 heterocycles. The molecule has 1 rings (SSSR count). The third-order valence-corrected chi connectivity index (χ3v) is 4.00. The van der Waals surface area contributed by atoms with Crippen LogP contribution in [0.4, 0.5) is 0 Å². The molecule has 0 unspecified atom stereocenters. The molecule has 0 N–H and O–H groups in total. The summed E-state index contributed by atoms with van der Waals surface area (Å²) in [6.07, 6.45) is 2.75. The van der Waals surface area contributed by atoms with E-state index < -0.39 is 0 Å². The van der Waals surface area contributed by atoms with Crippen molar-refractivity contribution < 1.29 is 0 Å². The van der Waals surface area contributed by atoms with E-state index in [9.17, 15) is 0 Å². The summed E-state index contributed by atoms with van der Waals surface area (Å²) in [4.78, 5) is 0. The van der Waals surface area contributed by atoms with Gasteiger partial charge in [0.05, 0.1) is 4.58 Å². The molecule has 1 atom stereocenters. The number of rotatable bonds is 3. The second-order valence-corrected chi connectivity index (χ2v) is 5.18. The third-order valence-electron chi connectivity index (χ3n) is 1.42. The SMILES string of the molecule is CCC[C@H](C)C1SS1. The van der Waals surface area contributed by atoms with E-state index in [1.54, 1.807) is 0 Å². The fourth-order valence-corrected chi connectivity index (χ4v) is 2.86. The minimum atomic E-state index is 0.954. The molecule has 48 valence electrons. The Morgan fingerprint density at radius 1 is 1.50 bits per heavy atom. The summed E-state index contributed by atoms with van der Waals surface area (Å²) < 4.78 is 0.954. The van der Waals surface area contributed by atoms with Crippen molar-refractivity contribution in [1.29, 1.82) is 0 Å². The molecule has 2 heteroatoms. The Kier molecular flexibility index (Phi) is 2.57. The molecule has 0 spiro atoms. The first-order valence-corrected chi connectivity index (χ1v) is 5.44. The first-order chi connectivity index (χ1) is 3.84. The van der Waals surface area contributed by atoms with Gasteiger partial charge in [-0.05, 0) is 12.3 Å². The van der Waals surface area contributed by atoms with Crippen LogP contribution in [0.1, 0.15) is 26.7 Å². The standard InChI is InChI=1S/C6H12S2/c1-3-4-5(2)6-7-8-6/h5-6H,3-4H2,1-2H3/t5-/m0/s1. The maximum atomic E-state index is 2.35. The summed E-state index contributed by atoms with van der Waals surface area (Å²) in [7, 11) is 4.07. The van der Waals surface area contributed by atoms with Gasteiger partial charge in [0.1, 0.15) is 0 Å². The zero-order valence-corrected chi connectivity index (χ0v) is 7.02. The fraction of sp³-hybridized carbons (Fsp3) is 1.00. The molecule has 0 aromatic rings. The van der Waals surface area contributed by atoms with Crippen LogP contribution in [0.25, 0.3) is 0 Å². The highest BCUT2D eigenvalue weighted by Gasteiger charge is 2.29. The van der Waals surface area contributed by atoms with Gasteiger partial charge in [-0.25, -0.2) is 0 Å². The Balaban J connectivity index is 2.03. The van der Waals surface area contributed by atoms with E-state index in [1.807, 2.05) is 21.6 Å². The normalized spacial score (nSPS) is 23.2. The summed E-state index contributed by atoms with van der Waals surface area (Å²) >= 11 is 0. The second kappa shape index (κ2) is 3.02. The maximum Gasteiger partial charge on any atom is 0.0735 e. The van der Waals surface area contributed by atoms with Crippen molar-refractivity contribution in [3.63, 3.8) is 0 Å². The van der Waals surface area contributed by atoms with Crippen LogP contribution in [0.3, 0.4) is 0 Å². The lowest BCUT2D eigenvalue weighted by molar-refractivity contribution is 0.574. The van der Waals surface area contributed by atoms with E-state index in [0.29, 0.717) is 0 Å². The molecule has 0 bridgehead atoms. The summed E-state index contributed by atoms with van der Waals surface area (Å²) in [6.45, 7) is 4.61. The molecule has 1 saturated heterocycles. The highest BCUT2D eigenvalue weighted by Crippen LogP contribution is 2.57. The summed E-state index contributed by atoms with van der Waals surface area (Å²) in [5.74, 6) is 0.954. The van der Waals surface area contributed by atoms with Crippen molar-refractivity contribution in [2.24, 2.45) is 5.92 Å². The van der Waals surface area contributed by atoms with Gasteiger partial charge in [-0.3, -0.25) is 0 Å². The lowest BCUT2D eigenvalue weighted by Crippen LogP contribution is -1.97. The second-order valence-electron chi connectivity index (χ2n) is 2.33. The molecule has 0 aromatic carbocycles. The van der Waals surface area contributed by atoms with Crippen LogP contribution in [0.2, 0.25) is 0 Å². The Morgan fingerprint density at radius 2 is 2.12 bits per heavy atom. The average molecular weight is 148 g/mol. The highest BCUT2D eigenvalue weighted by molar-refractivity contribution is 8.92. The Labute approximate surface area is 59.2 Å². The van der Waals surface area contributed by atoms with Gasteiger partial charge < -0.3 is 0 Å². The first kappa shape index (κ1) is 6.81. The Morgan fingerprint density at radius 3 is 2.50 bits per heavy atom. The molecule has 0 aliphatic carbocycles. The lowest BCUT2D eigenvalue weighted by atomic mass is 10.1. The van der Waals surface area contributed by atoms with Crippen LogP contribution in [0.15, 0.2) is 0 Å². The summed E-state index contributed by atoms with van der Waals surface area (Å²) in [5, 5.41) is 0. The molecule has 1 aliphatic heterocycles. The van der Waals surface area contributed by atoms with Gasteiger partial charge in [-0.15, -0.1) is 0 Å². The fourth-order valence-electron chi connectivity index (χ4n) is 0.813. The Bertz CT molecular complexity index is 68.9. The van der Waals surface area contributed by atoms with Crippen molar-refractivity contribution in [3.8, 4) is 0 Å². The predicted octanol–water partition coefficient (Wildman–Crippen LogP) is 3.14. The van der Waals surface area contributed by atoms with Gasteiger partial charge in [0, 0.05) is 0 Å². The van der Waals surface area contributed by atoms with Crippen molar-refractivity contribution in [3.05, 3.63) is 0 Å². The summed E-state index contributed by atoms with van der Waals surface area (Å²) in [5.41, 5.74) is 0. The minimum Gasteiger partial charge on any atom is -0.0774 e. The molecule has 0 radical (unpaired) electrons. The van der Waals surface area contributed by atoms with Crippen LogP contribution < -0.4 is 0 Å². The third kappa shape index (κ3) is 1.90. The molecular weight excluding hydrogens is 136 g/mol. The van der Waals surface area contributed by atoms with Crippen molar-refractivity contribution >= 4 is 21.6 Å². The lowest BCUT2D eigenvalue weighted by Gasteiger charge is -2.02. The van der Waals surface area contributed by atoms with Gasteiger partial charge in [-0.2, -0.15) is 0 Å². The van der Waals surface area contributed by atoms with Crippen LogP contribution in [-0.4, -0.2) is 4.58 Å². The van der Waals surface area contributed by atoms with Gasteiger partial charge in [0.2, 0.25) is 0 Å². The first-order valence-electron chi connectivity index (χ1n) is 3.16. The summed E-state index contributed by atoms with van der Waals surface area (Å²) in [6, 6.07) is 0. The Hall–Kier alpha value is 0.700. The van der Waals surface area contributed by atoms with E-state index in [0.717, 1.165) is 10.5 Å². The zero-order chi connectivity index (χ0) is 5.98. The number of hydrogen-bond acceptors (Lipinski definition) is 2. The van der Waals surface area contributed by atoms with E-state index in [-0.39, 0.29) is 0 Å². The largest absolute Gasteiger partial charge is 0.0774 e. The van der Waals surface area contributed by atoms with Crippen LogP contribution in [0.5, 0.6) is 0 Å². The molecule has 0 saturated carbocycles. The smallest absolute Gasteiger partial charge is 0.0735 e. The molecule has 8 heavy (non-hydrogen) atoms. The molecule has 1 fully saturated rings. The topological polar surface area (TPSA) is 0 Å². The van der Waals surface area contributed by atoms with Crippen LogP contribution in [-0.2, 0) is 0 Å². The van der Waals surface area contributed by atoms with Crippen LogP contribution in [0, 0.1) is 5.92 Å². The molecule has 0 nitrogen and oxygen atoms in total. The van der Waals surface area contributed by atoms with Gasteiger partial charge in [-0.1, -0.05) is 41.9 Å². The number of hydrogen-bond donors (Lipinski definition) is 0. The van der Waals surface area contributed by atoms with Gasteiger partial charge >= 0.3 is 0 Å². The van der Waals surface area contributed by atoms with E-state index in [2.05, 4.69) is 13.8 Å². The maximum absolute atomic E-state index is 2.35. The van der Waals surface area contributed by atoms with Crippen molar-refractivity contribution in [1.82, 2.24) is 0 Å². The monoisotopic (exact) mass is 148 g/mol. The quantitative estimate of drug-likeness (QED) is 0.445. The van der Waals surface area contributed by atoms with Gasteiger partial charge in [0.25, 0.3) is 0 Å². The predicted molar refractivity (Wildman–Crippen MR) is 43.0 cm³/mol. The molecular formula is C6H12S2. The minimum absolute atomic E-state index is 0.954. The zero-order valence-electron chi connectivity index (χ0n) is 5.39. The van der Waals surface area contributed by atoms with Gasteiger partial charge in [0.15, 0.2) is 0 Å². The average Bonchev–Trinajstić information content (AvgIpc) is 2.45. The molecule has 0 aromatic heterocycles. The van der Waals surface area contributed by atoms with E-state index >= 15 is 0 Å². The van der Waals surface area contributed by atoms with E-state index in [4.69, 9.17) is 0 Å². The van der Waals surface area contributed by atoms with Crippen LogP contribution >= 0.6 is 21.6 Å². The molecule has 1 aliphatic rings. The van der Waals surface area contributed by atoms with Crippen molar-refractivity contribution in [2.75, 3.05) is 0 Å².